The fourth-order valence-electron chi connectivity index (χ4n) is 3.38. The lowest BCUT2D eigenvalue weighted by Gasteiger charge is -2.28. The van der Waals surface area contributed by atoms with Crippen LogP contribution in [0.25, 0.3) is 0 Å². The van der Waals surface area contributed by atoms with E-state index < -0.39 is 17.6 Å². The largest absolute Gasteiger partial charge is 0.416 e. The van der Waals surface area contributed by atoms with Gasteiger partial charge in [0.1, 0.15) is 5.82 Å². The summed E-state index contributed by atoms with van der Waals surface area (Å²) in [5.41, 5.74) is -1.30. The van der Waals surface area contributed by atoms with Gasteiger partial charge in [0.15, 0.2) is 5.78 Å². The van der Waals surface area contributed by atoms with Gasteiger partial charge in [-0.05, 0) is 43.9 Å². The number of fused-ring (bicyclic) bond motifs is 2. The summed E-state index contributed by atoms with van der Waals surface area (Å²) in [7, 11) is 0. The second-order valence-electron chi connectivity index (χ2n) is 5.86. The quantitative estimate of drug-likeness (QED) is 0.668. The molecular weight excluding hydrogens is 286 g/mol. The summed E-state index contributed by atoms with van der Waals surface area (Å²) in [6.45, 7) is 0. The number of halogens is 4. The van der Waals surface area contributed by atoms with Crippen LogP contribution < -0.4 is 5.32 Å². The van der Waals surface area contributed by atoms with Gasteiger partial charge in [0.2, 0.25) is 0 Å². The van der Waals surface area contributed by atoms with Gasteiger partial charge in [0, 0.05) is 18.0 Å². The molecule has 2 fully saturated rings. The van der Waals surface area contributed by atoms with E-state index in [1.807, 2.05) is 0 Å². The van der Waals surface area contributed by atoms with E-state index in [4.69, 9.17) is 0 Å². The molecule has 1 aromatic carbocycles. The molecule has 2 aliphatic heterocycles. The Balaban J connectivity index is 1.82. The van der Waals surface area contributed by atoms with Gasteiger partial charge in [-0.15, -0.1) is 0 Å². The van der Waals surface area contributed by atoms with Crippen LogP contribution in [0.15, 0.2) is 18.2 Å². The minimum atomic E-state index is -4.60. The summed E-state index contributed by atoms with van der Waals surface area (Å²) in [5.74, 6) is -1.75. The molecule has 2 aliphatic rings. The lowest BCUT2D eigenvalue weighted by molar-refractivity contribution is -0.137. The van der Waals surface area contributed by atoms with Gasteiger partial charge in [-0.2, -0.15) is 13.2 Å². The first kappa shape index (κ1) is 14.5. The Morgan fingerprint density at radius 1 is 1.14 bits per heavy atom. The molecule has 2 unspecified atom stereocenters. The van der Waals surface area contributed by atoms with Crippen molar-refractivity contribution >= 4 is 5.78 Å². The molecule has 0 spiro atoms. The van der Waals surface area contributed by atoms with Crippen LogP contribution in [0.2, 0.25) is 0 Å². The summed E-state index contributed by atoms with van der Waals surface area (Å²) >= 11 is 0. The van der Waals surface area contributed by atoms with Crippen molar-refractivity contribution in [1.29, 1.82) is 0 Å². The van der Waals surface area contributed by atoms with E-state index in [9.17, 15) is 22.4 Å². The van der Waals surface area contributed by atoms with E-state index in [1.165, 1.54) is 0 Å². The van der Waals surface area contributed by atoms with Gasteiger partial charge >= 0.3 is 6.18 Å². The minimum absolute atomic E-state index is 0.227. The van der Waals surface area contributed by atoms with Crippen molar-refractivity contribution < 1.29 is 22.4 Å². The van der Waals surface area contributed by atoms with Crippen LogP contribution in [-0.4, -0.2) is 17.9 Å². The average Bonchev–Trinajstić information content (AvgIpc) is 2.75. The van der Waals surface area contributed by atoms with Crippen molar-refractivity contribution in [2.24, 2.45) is 5.92 Å². The molecule has 2 heterocycles. The number of hydrogen-bond acceptors (Lipinski definition) is 2. The molecule has 6 heteroatoms. The standard InChI is InChI=1S/C15H15F4NO/c16-13-7-9(15(17,18)19)1-4-12(13)14(21)8-5-10-2-3-11(6-8)20-10/h1,4,7-8,10-11,20H,2-3,5-6H2. The van der Waals surface area contributed by atoms with Gasteiger partial charge in [0.25, 0.3) is 0 Å². The number of nitrogens with one attached hydrogen (secondary N) is 1. The van der Waals surface area contributed by atoms with Crippen LogP contribution in [0.1, 0.15) is 41.6 Å². The summed E-state index contributed by atoms with van der Waals surface area (Å²) < 4.78 is 51.4. The third kappa shape index (κ3) is 2.81. The van der Waals surface area contributed by atoms with Crippen LogP contribution in [0, 0.1) is 11.7 Å². The van der Waals surface area contributed by atoms with Crippen molar-refractivity contribution in [3.63, 3.8) is 0 Å². The van der Waals surface area contributed by atoms with Gasteiger partial charge in [-0.25, -0.2) is 4.39 Å². The Hall–Kier alpha value is -1.43. The average molecular weight is 301 g/mol. The monoisotopic (exact) mass is 301 g/mol. The lowest BCUT2D eigenvalue weighted by atomic mass is 9.85. The number of hydrogen-bond donors (Lipinski definition) is 1. The summed E-state index contributed by atoms with van der Waals surface area (Å²) in [4.78, 5) is 12.4. The zero-order valence-electron chi connectivity index (χ0n) is 11.2. The zero-order valence-corrected chi connectivity index (χ0v) is 11.2. The maximum Gasteiger partial charge on any atom is 0.416 e. The number of alkyl halides is 3. The molecule has 0 amide bonds. The summed E-state index contributed by atoms with van der Waals surface area (Å²) in [6.07, 6.45) is -1.32. The summed E-state index contributed by atoms with van der Waals surface area (Å²) in [6, 6.07) is 2.68. The van der Waals surface area contributed by atoms with Crippen molar-refractivity contribution in [3.05, 3.63) is 35.1 Å². The Morgan fingerprint density at radius 2 is 1.76 bits per heavy atom. The highest BCUT2D eigenvalue weighted by Crippen LogP contribution is 2.34. The first-order chi connectivity index (χ1) is 9.84. The smallest absolute Gasteiger partial charge is 0.311 e. The summed E-state index contributed by atoms with van der Waals surface area (Å²) in [5, 5.41) is 3.38. The molecule has 2 saturated heterocycles. The van der Waals surface area contributed by atoms with Crippen LogP contribution in [0.3, 0.4) is 0 Å². The minimum Gasteiger partial charge on any atom is -0.311 e. The second kappa shape index (κ2) is 5.09. The highest BCUT2D eigenvalue weighted by molar-refractivity contribution is 5.98. The highest BCUT2D eigenvalue weighted by atomic mass is 19.4. The molecule has 1 aromatic rings. The highest BCUT2D eigenvalue weighted by Gasteiger charge is 2.38. The molecule has 0 aliphatic carbocycles. The van der Waals surface area contributed by atoms with Gasteiger partial charge in [-0.1, -0.05) is 0 Å². The molecular formula is C15H15F4NO. The maximum absolute atomic E-state index is 13.9. The van der Waals surface area contributed by atoms with E-state index >= 15 is 0 Å². The Bertz CT molecular complexity index is 557. The Labute approximate surface area is 119 Å². The maximum atomic E-state index is 13.9. The molecule has 2 nitrogen and oxygen atoms in total. The van der Waals surface area contributed by atoms with Gasteiger partial charge in [-0.3, -0.25) is 4.79 Å². The van der Waals surface area contributed by atoms with Crippen molar-refractivity contribution in [3.8, 4) is 0 Å². The lowest BCUT2D eigenvalue weighted by Crippen LogP contribution is -2.40. The van der Waals surface area contributed by atoms with Crippen LogP contribution >= 0.6 is 0 Å². The van der Waals surface area contributed by atoms with Crippen LogP contribution in [0.4, 0.5) is 17.6 Å². The fourth-order valence-corrected chi connectivity index (χ4v) is 3.38. The number of Topliss-reactive ketones (excluding diaryl/α,β-unsaturated/α-hetero) is 1. The molecule has 2 atom stereocenters. The third-order valence-electron chi connectivity index (χ3n) is 4.41. The normalized spacial score (nSPS) is 28.7. The number of rotatable bonds is 2. The topological polar surface area (TPSA) is 29.1 Å². The SMILES string of the molecule is O=C(c1ccc(C(F)(F)F)cc1F)C1CC2CCC(C1)N2. The number of carbonyl (C=O) groups is 1. The molecule has 0 aromatic heterocycles. The molecule has 114 valence electrons. The number of ketones is 1. The predicted molar refractivity (Wildman–Crippen MR) is 68.4 cm³/mol. The molecule has 3 rings (SSSR count). The van der Waals surface area contributed by atoms with E-state index in [-0.39, 0.29) is 29.3 Å². The predicted octanol–water partition coefficient (Wildman–Crippen LogP) is 3.56. The van der Waals surface area contributed by atoms with Crippen molar-refractivity contribution in [2.75, 3.05) is 0 Å². The molecule has 0 radical (unpaired) electrons. The van der Waals surface area contributed by atoms with Crippen LogP contribution in [-0.2, 0) is 6.18 Å². The van der Waals surface area contributed by atoms with E-state index in [2.05, 4.69) is 5.32 Å². The number of carbonyl (C=O) groups excluding carboxylic acids is 1. The van der Waals surface area contributed by atoms with E-state index in [0.717, 1.165) is 25.0 Å². The van der Waals surface area contributed by atoms with Gasteiger partial charge in [0.05, 0.1) is 11.1 Å². The van der Waals surface area contributed by atoms with Crippen LogP contribution in [0.5, 0.6) is 0 Å². The first-order valence-corrected chi connectivity index (χ1v) is 7.01. The van der Waals surface area contributed by atoms with Gasteiger partial charge < -0.3 is 5.32 Å². The van der Waals surface area contributed by atoms with Crippen molar-refractivity contribution in [1.82, 2.24) is 5.32 Å². The first-order valence-electron chi connectivity index (χ1n) is 7.01. The Morgan fingerprint density at radius 3 is 2.29 bits per heavy atom. The number of piperidine rings is 1. The molecule has 1 N–H and O–H groups in total. The number of benzene rings is 1. The zero-order chi connectivity index (χ0) is 15.2. The van der Waals surface area contributed by atoms with E-state index in [1.54, 1.807) is 0 Å². The third-order valence-corrected chi connectivity index (χ3v) is 4.41. The molecule has 21 heavy (non-hydrogen) atoms. The molecule has 2 bridgehead atoms. The Kier molecular flexibility index (Phi) is 3.51. The molecule has 0 saturated carbocycles. The second-order valence-corrected chi connectivity index (χ2v) is 5.86. The van der Waals surface area contributed by atoms with Crippen molar-refractivity contribution in [2.45, 2.75) is 43.9 Å². The van der Waals surface area contributed by atoms with E-state index in [0.29, 0.717) is 18.9 Å². The fraction of sp³-hybridized carbons (Fsp3) is 0.533.